The molecule has 0 spiro atoms. The first-order chi connectivity index (χ1) is 15.5. The van der Waals surface area contributed by atoms with Crippen molar-refractivity contribution in [3.8, 4) is 11.3 Å². The lowest BCUT2D eigenvalue weighted by atomic mass is 9.81. The summed E-state index contributed by atoms with van der Waals surface area (Å²) in [7, 11) is 0. The van der Waals surface area contributed by atoms with Crippen molar-refractivity contribution in [2.45, 2.75) is 62.8 Å². The van der Waals surface area contributed by atoms with E-state index in [1.807, 2.05) is 0 Å². The van der Waals surface area contributed by atoms with Gasteiger partial charge in [-0.05, 0) is 74.5 Å². The quantitative estimate of drug-likeness (QED) is 0.721. The molecule has 4 heterocycles. The largest absolute Gasteiger partial charge is 0.375 e. The van der Waals surface area contributed by atoms with E-state index in [9.17, 15) is 13.2 Å². The van der Waals surface area contributed by atoms with Crippen LogP contribution < -0.4 is 10.6 Å². The summed E-state index contributed by atoms with van der Waals surface area (Å²) in [6.45, 7) is 0.877. The minimum atomic E-state index is -1.23. The molecule has 1 aliphatic carbocycles. The average Bonchev–Trinajstić information content (AvgIpc) is 3.53. The second-order valence-corrected chi connectivity index (χ2v) is 10.0. The van der Waals surface area contributed by atoms with Crippen molar-refractivity contribution in [1.29, 1.82) is 0 Å². The minimum absolute atomic E-state index is 0.115. The van der Waals surface area contributed by atoms with Gasteiger partial charge in [0.2, 0.25) is 0 Å². The molecule has 1 aromatic carbocycles. The normalized spacial score (nSPS) is 35.6. The van der Waals surface area contributed by atoms with Crippen LogP contribution in [0, 0.1) is 35.2 Å². The van der Waals surface area contributed by atoms with E-state index in [1.165, 1.54) is 6.42 Å². The number of nitrogens with zero attached hydrogens (tertiary/aromatic N) is 3. The third-order valence-corrected chi connectivity index (χ3v) is 8.10. The molecule has 0 unspecified atom stereocenters. The maximum absolute atomic E-state index is 14.2. The van der Waals surface area contributed by atoms with Gasteiger partial charge < -0.3 is 15.4 Å². The highest BCUT2D eigenvalue weighted by Crippen LogP contribution is 2.48. The van der Waals surface area contributed by atoms with Crippen LogP contribution in [0.3, 0.4) is 0 Å². The third-order valence-electron chi connectivity index (χ3n) is 8.10. The summed E-state index contributed by atoms with van der Waals surface area (Å²) < 4.78 is 47.5. The van der Waals surface area contributed by atoms with Crippen molar-refractivity contribution in [2.75, 3.05) is 11.4 Å². The lowest BCUT2D eigenvalue weighted by molar-refractivity contribution is 0.0892. The summed E-state index contributed by atoms with van der Waals surface area (Å²) in [6.07, 6.45) is 7.35. The molecule has 6 rings (SSSR count). The molecule has 1 aromatic heterocycles. The average molecular weight is 445 g/mol. The zero-order valence-electron chi connectivity index (χ0n) is 17.8. The molecular formula is C24H27F3N4O. The number of aromatic nitrogens is 2. The topological polar surface area (TPSA) is 64.3 Å². The Balaban J connectivity index is 1.27. The van der Waals surface area contributed by atoms with Gasteiger partial charge in [0.1, 0.15) is 5.82 Å². The van der Waals surface area contributed by atoms with Gasteiger partial charge in [-0.15, -0.1) is 10.2 Å². The van der Waals surface area contributed by atoms with Crippen LogP contribution in [-0.2, 0) is 4.74 Å². The van der Waals surface area contributed by atoms with Crippen molar-refractivity contribution >= 4 is 5.82 Å². The number of nitrogens with two attached hydrogens (primary N) is 1. The van der Waals surface area contributed by atoms with E-state index < -0.39 is 17.5 Å². The molecule has 2 bridgehead atoms. The lowest BCUT2D eigenvalue weighted by Gasteiger charge is -2.32. The zero-order chi connectivity index (χ0) is 22.0. The Bertz CT molecular complexity index is 1020. The Hall–Kier alpha value is -2.19. The lowest BCUT2D eigenvalue weighted by Crippen LogP contribution is -2.38. The first kappa shape index (κ1) is 20.4. The number of fused-ring (bicyclic) bond motifs is 3. The third kappa shape index (κ3) is 3.39. The van der Waals surface area contributed by atoms with E-state index in [4.69, 9.17) is 10.5 Å². The number of benzene rings is 1. The minimum Gasteiger partial charge on any atom is -0.375 e. The molecule has 0 amide bonds. The van der Waals surface area contributed by atoms with Gasteiger partial charge in [0.25, 0.3) is 0 Å². The molecule has 4 aliphatic rings. The zero-order valence-corrected chi connectivity index (χ0v) is 17.8. The van der Waals surface area contributed by atoms with Crippen LogP contribution in [0.15, 0.2) is 24.3 Å². The SMILES string of the molecule is N[C@H]1C[C@@H]2CN(c3ccc(-c4cc(F)cc(F)c4F)nn3)[C@@H](C[C@@H]3C[C@H]4CC[C@H]3O4)[C@H]2C1. The molecule has 4 fully saturated rings. The van der Waals surface area contributed by atoms with Crippen LogP contribution in [0.2, 0.25) is 0 Å². The number of hydrogen-bond acceptors (Lipinski definition) is 5. The standard InChI is InChI=1S/C24H27F3N4O/c25-14-8-18(24(27)19(26)9-14)20-2-4-23(30-29-20)31-11-13-5-15(28)10-17(13)21(31)7-12-6-16-1-3-22(12)32-16/h2,4,8-9,12-13,15-17,21-22H,1,3,5-7,10-11,28H2/t12-,13+,15-,16+,17-,21-,22+/m0/s1. The fraction of sp³-hybridized carbons (Fsp3) is 0.583. The Morgan fingerprint density at radius 1 is 1.06 bits per heavy atom. The Morgan fingerprint density at radius 2 is 1.94 bits per heavy atom. The highest BCUT2D eigenvalue weighted by atomic mass is 19.2. The first-order valence-corrected chi connectivity index (χ1v) is 11.6. The van der Waals surface area contributed by atoms with E-state index >= 15 is 0 Å². The molecule has 2 N–H and O–H groups in total. The number of rotatable bonds is 4. The van der Waals surface area contributed by atoms with E-state index in [2.05, 4.69) is 15.1 Å². The van der Waals surface area contributed by atoms with Gasteiger partial charge in [-0.3, -0.25) is 0 Å². The maximum atomic E-state index is 14.2. The molecule has 5 nitrogen and oxygen atoms in total. The summed E-state index contributed by atoms with van der Waals surface area (Å²) in [5, 5.41) is 8.49. The van der Waals surface area contributed by atoms with Crippen LogP contribution in [0.1, 0.15) is 38.5 Å². The molecule has 170 valence electrons. The fourth-order valence-electron chi connectivity index (χ4n) is 6.73. The highest BCUT2D eigenvalue weighted by molar-refractivity contribution is 5.61. The summed E-state index contributed by atoms with van der Waals surface area (Å²) in [5.41, 5.74) is 6.19. The molecular weight excluding hydrogens is 417 g/mol. The Kier molecular flexibility index (Phi) is 4.91. The molecule has 7 atom stereocenters. The van der Waals surface area contributed by atoms with Crippen molar-refractivity contribution in [3.05, 3.63) is 41.7 Å². The highest BCUT2D eigenvalue weighted by Gasteiger charge is 2.50. The predicted molar refractivity (Wildman–Crippen MR) is 113 cm³/mol. The van der Waals surface area contributed by atoms with Crippen LogP contribution in [-0.4, -0.2) is 41.0 Å². The number of anilines is 1. The van der Waals surface area contributed by atoms with Gasteiger partial charge in [-0.1, -0.05) is 0 Å². The van der Waals surface area contributed by atoms with Gasteiger partial charge in [0.05, 0.1) is 17.9 Å². The van der Waals surface area contributed by atoms with Crippen molar-refractivity contribution < 1.29 is 17.9 Å². The number of hydrogen-bond donors (Lipinski definition) is 1. The van der Waals surface area contributed by atoms with Crippen molar-refractivity contribution in [3.63, 3.8) is 0 Å². The predicted octanol–water partition coefficient (Wildman–Crippen LogP) is 4.06. The van der Waals surface area contributed by atoms with Crippen LogP contribution in [0.25, 0.3) is 11.3 Å². The summed E-state index contributed by atoms with van der Waals surface area (Å²) in [5.74, 6) is -0.848. The van der Waals surface area contributed by atoms with E-state index in [0.717, 1.165) is 50.5 Å². The van der Waals surface area contributed by atoms with Gasteiger partial charge in [-0.2, -0.15) is 0 Å². The smallest absolute Gasteiger partial charge is 0.168 e. The molecule has 3 saturated heterocycles. The van der Waals surface area contributed by atoms with Crippen LogP contribution in [0.4, 0.5) is 19.0 Å². The number of ether oxygens (including phenoxy) is 1. The van der Waals surface area contributed by atoms with Gasteiger partial charge >= 0.3 is 0 Å². The number of halogens is 3. The summed E-state index contributed by atoms with van der Waals surface area (Å²) in [4.78, 5) is 2.33. The second-order valence-electron chi connectivity index (χ2n) is 10.0. The molecule has 1 saturated carbocycles. The van der Waals surface area contributed by atoms with Crippen molar-refractivity contribution in [1.82, 2.24) is 10.2 Å². The van der Waals surface area contributed by atoms with Gasteiger partial charge in [0, 0.05) is 30.3 Å². The van der Waals surface area contributed by atoms with Gasteiger partial charge in [-0.25, -0.2) is 13.2 Å². The first-order valence-electron chi connectivity index (χ1n) is 11.6. The summed E-state index contributed by atoms with van der Waals surface area (Å²) >= 11 is 0. The fourth-order valence-corrected chi connectivity index (χ4v) is 6.73. The maximum Gasteiger partial charge on any atom is 0.168 e. The monoisotopic (exact) mass is 444 g/mol. The Morgan fingerprint density at radius 3 is 2.66 bits per heavy atom. The second kappa shape index (κ2) is 7.70. The van der Waals surface area contributed by atoms with Gasteiger partial charge in [0.15, 0.2) is 17.5 Å². The Labute approximate surface area is 185 Å². The van der Waals surface area contributed by atoms with Crippen LogP contribution in [0.5, 0.6) is 0 Å². The molecule has 32 heavy (non-hydrogen) atoms. The van der Waals surface area contributed by atoms with Crippen LogP contribution >= 0.6 is 0 Å². The van der Waals surface area contributed by atoms with E-state index in [0.29, 0.717) is 42.1 Å². The molecule has 2 aromatic rings. The van der Waals surface area contributed by atoms with E-state index in [-0.39, 0.29) is 17.3 Å². The molecule has 0 radical (unpaired) electrons. The molecule has 3 aliphatic heterocycles. The van der Waals surface area contributed by atoms with Crippen molar-refractivity contribution in [2.24, 2.45) is 23.5 Å². The molecule has 8 heteroatoms. The summed E-state index contributed by atoms with van der Waals surface area (Å²) in [6, 6.07) is 5.43. The van der Waals surface area contributed by atoms with E-state index in [1.54, 1.807) is 12.1 Å².